The van der Waals surface area contributed by atoms with Crippen LogP contribution in [0.25, 0.3) is 33.1 Å². The van der Waals surface area contributed by atoms with Gasteiger partial charge in [0.1, 0.15) is 11.3 Å². The molecule has 29 heavy (non-hydrogen) atoms. The molecule has 1 aliphatic heterocycles. The topological polar surface area (TPSA) is 60.2 Å². The summed E-state index contributed by atoms with van der Waals surface area (Å²) >= 11 is 0. The fourth-order valence-corrected chi connectivity index (χ4v) is 4.18. The zero-order chi connectivity index (χ0) is 19.5. The number of aryl methyl sites for hydroxylation is 2. The van der Waals surface area contributed by atoms with E-state index in [-0.39, 0.29) is 0 Å². The molecule has 6 nitrogen and oxygen atoms in total. The van der Waals surface area contributed by atoms with Crippen LogP contribution in [0.4, 0.5) is 6.01 Å². The summed E-state index contributed by atoms with van der Waals surface area (Å²) in [6, 6.07) is 15.5. The summed E-state index contributed by atoms with van der Waals surface area (Å²) in [6.45, 7) is 3.35. The molecule has 0 amide bonds. The molecule has 6 heteroatoms. The molecule has 0 bridgehead atoms. The maximum absolute atomic E-state index is 6.04. The predicted molar refractivity (Wildman–Crippen MR) is 112 cm³/mol. The number of aromatic nitrogens is 3. The maximum Gasteiger partial charge on any atom is 0.298 e. The summed E-state index contributed by atoms with van der Waals surface area (Å²) < 4.78 is 13.9. The fourth-order valence-electron chi connectivity index (χ4n) is 4.18. The van der Waals surface area contributed by atoms with Crippen LogP contribution < -0.4 is 4.90 Å². The molecule has 0 N–H and O–H groups in total. The summed E-state index contributed by atoms with van der Waals surface area (Å²) in [5.74, 6) is 1.63. The number of fused-ring (bicyclic) bond motifs is 3. The van der Waals surface area contributed by atoms with E-state index < -0.39 is 0 Å². The highest BCUT2D eigenvalue weighted by molar-refractivity contribution is 5.88. The second kappa shape index (κ2) is 5.98. The number of benzene rings is 2. The molecule has 144 valence electrons. The Kier molecular flexibility index (Phi) is 3.38. The van der Waals surface area contributed by atoms with Crippen LogP contribution in [0.15, 0.2) is 57.5 Å². The Morgan fingerprint density at radius 1 is 0.966 bits per heavy atom. The van der Waals surface area contributed by atoms with Crippen molar-refractivity contribution in [1.29, 1.82) is 0 Å². The highest BCUT2D eigenvalue weighted by Crippen LogP contribution is 2.31. The van der Waals surface area contributed by atoms with Gasteiger partial charge in [-0.1, -0.05) is 12.1 Å². The molecule has 0 saturated carbocycles. The Labute approximate surface area is 167 Å². The normalized spacial score (nSPS) is 14.1. The van der Waals surface area contributed by atoms with Crippen molar-refractivity contribution in [3.05, 3.63) is 66.0 Å². The molecule has 0 atom stereocenters. The third-order valence-corrected chi connectivity index (χ3v) is 5.70. The lowest BCUT2D eigenvalue weighted by Crippen LogP contribution is -2.30. The van der Waals surface area contributed by atoms with Gasteiger partial charge < -0.3 is 18.3 Å². The molecule has 0 saturated heterocycles. The summed E-state index contributed by atoms with van der Waals surface area (Å²) in [7, 11) is 2.06. The van der Waals surface area contributed by atoms with Gasteiger partial charge >= 0.3 is 0 Å². The molecule has 0 spiro atoms. The molecule has 5 aromatic rings. The standard InChI is InChI=1S/C23H20N4O2/c1-14-24-18-8-10-27(13-22(18)28-14)23-25-19-12-16(4-6-21(19)29-23)15-3-5-20-17(11-15)7-9-26(20)2/h3-7,9,11-12H,8,10,13H2,1-2H3. The van der Waals surface area contributed by atoms with E-state index in [4.69, 9.17) is 13.8 Å². The Morgan fingerprint density at radius 2 is 1.83 bits per heavy atom. The van der Waals surface area contributed by atoms with Gasteiger partial charge in [0.05, 0.1) is 12.2 Å². The van der Waals surface area contributed by atoms with E-state index in [0.29, 0.717) is 12.6 Å². The van der Waals surface area contributed by atoms with Crippen molar-refractivity contribution < 1.29 is 8.83 Å². The van der Waals surface area contributed by atoms with Gasteiger partial charge in [0.2, 0.25) is 0 Å². The second-order valence-corrected chi connectivity index (χ2v) is 7.65. The van der Waals surface area contributed by atoms with Crippen LogP contribution >= 0.6 is 0 Å². The molecule has 0 aliphatic carbocycles. The van der Waals surface area contributed by atoms with Gasteiger partial charge in [0, 0.05) is 44.0 Å². The minimum Gasteiger partial charge on any atom is -0.444 e. The lowest BCUT2D eigenvalue weighted by molar-refractivity contribution is 0.448. The van der Waals surface area contributed by atoms with Crippen LogP contribution in [0.2, 0.25) is 0 Å². The Hall–Kier alpha value is -3.54. The molecule has 1 aliphatic rings. The van der Waals surface area contributed by atoms with Gasteiger partial charge in [0.15, 0.2) is 11.5 Å². The zero-order valence-corrected chi connectivity index (χ0v) is 16.3. The van der Waals surface area contributed by atoms with Crippen molar-refractivity contribution in [2.24, 2.45) is 7.05 Å². The first-order valence-corrected chi connectivity index (χ1v) is 9.80. The predicted octanol–water partition coefficient (Wildman–Crippen LogP) is 4.85. The monoisotopic (exact) mass is 384 g/mol. The van der Waals surface area contributed by atoms with Gasteiger partial charge in [-0.2, -0.15) is 4.98 Å². The van der Waals surface area contributed by atoms with Gasteiger partial charge in [-0.3, -0.25) is 0 Å². The van der Waals surface area contributed by atoms with E-state index in [1.165, 1.54) is 16.5 Å². The molecule has 0 radical (unpaired) electrons. The van der Waals surface area contributed by atoms with E-state index >= 15 is 0 Å². The lowest BCUT2D eigenvalue weighted by Gasteiger charge is -2.23. The van der Waals surface area contributed by atoms with Crippen LogP contribution in [0, 0.1) is 6.92 Å². The van der Waals surface area contributed by atoms with E-state index in [2.05, 4.69) is 64.1 Å². The quantitative estimate of drug-likeness (QED) is 0.436. The molecule has 0 fully saturated rings. The van der Waals surface area contributed by atoms with Crippen LogP contribution in [0.5, 0.6) is 0 Å². The van der Waals surface area contributed by atoms with Crippen LogP contribution in [0.3, 0.4) is 0 Å². The van der Waals surface area contributed by atoms with E-state index in [1.54, 1.807) is 0 Å². The summed E-state index contributed by atoms with van der Waals surface area (Å²) in [5, 5.41) is 1.23. The van der Waals surface area contributed by atoms with Crippen molar-refractivity contribution in [1.82, 2.24) is 14.5 Å². The van der Waals surface area contributed by atoms with E-state index in [9.17, 15) is 0 Å². The van der Waals surface area contributed by atoms with Crippen molar-refractivity contribution >= 4 is 28.0 Å². The van der Waals surface area contributed by atoms with Crippen molar-refractivity contribution in [3.8, 4) is 11.1 Å². The largest absolute Gasteiger partial charge is 0.444 e. The van der Waals surface area contributed by atoms with Crippen molar-refractivity contribution in [3.63, 3.8) is 0 Å². The number of hydrogen-bond donors (Lipinski definition) is 0. The zero-order valence-electron chi connectivity index (χ0n) is 16.3. The highest BCUT2D eigenvalue weighted by Gasteiger charge is 2.24. The van der Waals surface area contributed by atoms with Crippen molar-refractivity contribution in [2.75, 3.05) is 11.4 Å². The minimum atomic E-state index is 0.635. The molecular weight excluding hydrogens is 364 g/mol. The SMILES string of the molecule is Cc1nc2c(o1)CN(c1nc3cc(-c4ccc5c(ccn5C)c4)ccc3o1)CC2. The van der Waals surface area contributed by atoms with E-state index in [0.717, 1.165) is 47.0 Å². The van der Waals surface area contributed by atoms with E-state index in [1.807, 2.05) is 13.0 Å². The molecule has 6 rings (SSSR count). The molecule has 0 unspecified atom stereocenters. The average molecular weight is 384 g/mol. The van der Waals surface area contributed by atoms with Crippen LogP contribution in [-0.2, 0) is 20.0 Å². The van der Waals surface area contributed by atoms with Crippen molar-refractivity contribution in [2.45, 2.75) is 19.9 Å². The molecular formula is C23H20N4O2. The first-order valence-electron chi connectivity index (χ1n) is 9.80. The number of anilines is 1. The smallest absolute Gasteiger partial charge is 0.298 e. The Bertz CT molecular complexity index is 1370. The third kappa shape index (κ3) is 2.63. The molecule has 4 heterocycles. The fraction of sp³-hybridized carbons (Fsp3) is 0.217. The minimum absolute atomic E-state index is 0.635. The number of nitrogens with zero attached hydrogens (tertiary/aromatic N) is 4. The van der Waals surface area contributed by atoms with Crippen LogP contribution in [0.1, 0.15) is 17.3 Å². The first-order chi connectivity index (χ1) is 14.1. The van der Waals surface area contributed by atoms with Gasteiger partial charge in [-0.25, -0.2) is 4.98 Å². The first kappa shape index (κ1) is 16.4. The lowest BCUT2D eigenvalue weighted by atomic mass is 10.0. The summed E-state index contributed by atoms with van der Waals surface area (Å²) in [4.78, 5) is 11.3. The second-order valence-electron chi connectivity index (χ2n) is 7.65. The third-order valence-electron chi connectivity index (χ3n) is 5.70. The summed E-state index contributed by atoms with van der Waals surface area (Å²) in [5.41, 5.74) is 6.25. The highest BCUT2D eigenvalue weighted by atomic mass is 16.4. The van der Waals surface area contributed by atoms with Gasteiger partial charge in [0.25, 0.3) is 6.01 Å². The van der Waals surface area contributed by atoms with Gasteiger partial charge in [-0.05, 0) is 41.5 Å². The number of rotatable bonds is 2. The molecule has 3 aromatic heterocycles. The van der Waals surface area contributed by atoms with Gasteiger partial charge in [-0.15, -0.1) is 0 Å². The van der Waals surface area contributed by atoms with Crippen LogP contribution in [-0.4, -0.2) is 21.1 Å². The summed E-state index contributed by atoms with van der Waals surface area (Å²) in [6.07, 6.45) is 2.93. The Morgan fingerprint density at radius 3 is 2.76 bits per heavy atom. The number of oxazole rings is 2. The Balaban J connectivity index is 1.35. The average Bonchev–Trinajstić information content (AvgIpc) is 3.42. The number of hydrogen-bond acceptors (Lipinski definition) is 5. The molecule has 2 aromatic carbocycles. The maximum atomic E-state index is 6.04.